The lowest BCUT2D eigenvalue weighted by atomic mass is 10.1. The highest BCUT2D eigenvalue weighted by atomic mass is 79.9. The maximum absolute atomic E-state index is 12.0. The monoisotopic (exact) mass is 316 g/mol. The van der Waals surface area contributed by atoms with E-state index in [4.69, 9.17) is 5.73 Å². The Kier molecular flexibility index (Phi) is 3.90. The Morgan fingerprint density at radius 1 is 1.65 bits per heavy atom. The van der Waals surface area contributed by atoms with Crippen molar-refractivity contribution in [3.63, 3.8) is 0 Å². The van der Waals surface area contributed by atoms with E-state index in [9.17, 15) is 4.79 Å². The second-order valence-corrected chi connectivity index (χ2v) is 6.69. The summed E-state index contributed by atoms with van der Waals surface area (Å²) in [6, 6.07) is 1.97. The molecule has 2 N–H and O–H groups in total. The van der Waals surface area contributed by atoms with Crippen molar-refractivity contribution in [3.05, 3.63) is 20.8 Å². The van der Waals surface area contributed by atoms with E-state index >= 15 is 0 Å². The topological polar surface area (TPSA) is 46.3 Å². The Morgan fingerprint density at radius 2 is 2.35 bits per heavy atom. The molecule has 1 aliphatic heterocycles. The minimum atomic E-state index is -0.0869. The molecule has 2 atom stereocenters. The Hall–Kier alpha value is -0.390. The predicted molar refractivity (Wildman–Crippen MR) is 73.9 cm³/mol. The summed E-state index contributed by atoms with van der Waals surface area (Å²) >= 11 is 5.20. The molecule has 0 aliphatic carbocycles. The first-order valence-electron chi connectivity index (χ1n) is 5.78. The van der Waals surface area contributed by atoms with Crippen molar-refractivity contribution >= 4 is 33.2 Å². The molecule has 3 nitrogen and oxygen atoms in total. The number of carbonyl (C=O) groups is 1. The second-order valence-electron chi connectivity index (χ2n) is 4.89. The summed E-state index contributed by atoms with van der Waals surface area (Å²) in [7, 11) is 0. The quantitative estimate of drug-likeness (QED) is 0.932. The van der Waals surface area contributed by atoms with Gasteiger partial charge in [0, 0.05) is 28.4 Å². The fourth-order valence-electron chi connectivity index (χ4n) is 2.28. The summed E-state index contributed by atoms with van der Waals surface area (Å²) in [6.45, 7) is 5.02. The van der Waals surface area contributed by atoms with E-state index < -0.39 is 0 Å². The Bertz CT molecular complexity index is 418. The summed E-state index contributed by atoms with van der Waals surface area (Å²) in [6.07, 6.45) is 0.460. The van der Waals surface area contributed by atoms with Crippen molar-refractivity contribution in [2.45, 2.75) is 32.4 Å². The molecule has 2 unspecified atom stereocenters. The Morgan fingerprint density at radius 3 is 2.88 bits per heavy atom. The van der Waals surface area contributed by atoms with Gasteiger partial charge in [-0.25, -0.2) is 0 Å². The molecular weight excluding hydrogens is 300 g/mol. The van der Waals surface area contributed by atoms with Crippen LogP contribution in [0, 0.1) is 5.92 Å². The number of nitrogens with zero attached hydrogens (tertiary/aromatic N) is 1. The highest BCUT2D eigenvalue weighted by Crippen LogP contribution is 2.39. The number of likely N-dealkylation sites (tertiary alicyclic amines) is 1. The van der Waals surface area contributed by atoms with Gasteiger partial charge in [0.1, 0.15) is 0 Å². The van der Waals surface area contributed by atoms with Crippen LogP contribution in [0.3, 0.4) is 0 Å². The van der Waals surface area contributed by atoms with Gasteiger partial charge in [0.25, 0.3) is 0 Å². The number of hydrogen-bond acceptors (Lipinski definition) is 3. The van der Waals surface area contributed by atoms with Crippen molar-refractivity contribution in [2.24, 2.45) is 11.7 Å². The molecule has 0 saturated carbocycles. The number of halogens is 1. The van der Waals surface area contributed by atoms with Gasteiger partial charge in [-0.1, -0.05) is 13.8 Å². The highest BCUT2D eigenvalue weighted by Gasteiger charge is 2.40. The number of hydrogen-bond donors (Lipinski definition) is 1. The van der Waals surface area contributed by atoms with E-state index in [0.717, 1.165) is 11.0 Å². The fraction of sp³-hybridized carbons (Fsp3) is 0.583. The molecule has 0 spiro atoms. The molecule has 1 aromatic heterocycles. The van der Waals surface area contributed by atoms with E-state index in [1.165, 1.54) is 4.88 Å². The lowest BCUT2D eigenvalue weighted by Gasteiger charge is -2.28. The lowest BCUT2D eigenvalue weighted by molar-refractivity contribution is -0.129. The van der Waals surface area contributed by atoms with Gasteiger partial charge >= 0.3 is 0 Å². The minimum Gasteiger partial charge on any atom is -0.333 e. The molecule has 1 amide bonds. The molecule has 1 aromatic rings. The minimum absolute atomic E-state index is 0.0410. The van der Waals surface area contributed by atoms with Crippen LogP contribution in [0.1, 0.15) is 31.2 Å². The predicted octanol–water partition coefficient (Wildman–Crippen LogP) is 2.77. The van der Waals surface area contributed by atoms with Gasteiger partial charge in [0.2, 0.25) is 5.91 Å². The third-order valence-corrected chi connectivity index (χ3v) is 4.89. The van der Waals surface area contributed by atoms with Crippen LogP contribution in [-0.2, 0) is 4.79 Å². The first-order valence-corrected chi connectivity index (χ1v) is 7.46. The average molecular weight is 317 g/mol. The number of carbonyl (C=O) groups excluding carboxylic acids is 1. The third-order valence-electron chi connectivity index (χ3n) is 2.95. The number of amides is 1. The number of nitrogens with two attached hydrogens (primary N) is 1. The zero-order chi connectivity index (χ0) is 12.6. The van der Waals surface area contributed by atoms with Crippen LogP contribution in [0.25, 0.3) is 0 Å². The molecule has 5 heteroatoms. The van der Waals surface area contributed by atoms with Crippen molar-refractivity contribution in [3.8, 4) is 0 Å². The van der Waals surface area contributed by atoms with Gasteiger partial charge in [0.15, 0.2) is 0 Å². The maximum atomic E-state index is 12.0. The van der Waals surface area contributed by atoms with Crippen LogP contribution in [0.5, 0.6) is 0 Å². The molecule has 1 saturated heterocycles. The van der Waals surface area contributed by atoms with E-state index in [-0.39, 0.29) is 18.0 Å². The van der Waals surface area contributed by atoms with E-state index in [0.29, 0.717) is 12.3 Å². The smallest absolute Gasteiger partial charge is 0.224 e. The van der Waals surface area contributed by atoms with Gasteiger partial charge in [-0.05, 0) is 33.3 Å². The van der Waals surface area contributed by atoms with Gasteiger partial charge in [-0.2, -0.15) is 0 Å². The van der Waals surface area contributed by atoms with Crippen LogP contribution in [0.15, 0.2) is 15.9 Å². The van der Waals surface area contributed by atoms with Crippen LogP contribution in [-0.4, -0.2) is 23.4 Å². The first kappa shape index (κ1) is 13.1. The molecule has 0 bridgehead atoms. The summed E-state index contributed by atoms with van der Waals surface area (Å²) in [4.78, 5) is 15.1. The SMILES string of the molecule is CC(C)CN1C(=O)CC(N)C1c1sccc1Br. The molecule has 1 aliphatic rings. The summed E-state index contributed by atoms with van der Waals surface area (Å²) in [5.41, 5.74) is 6.12. The number of thiophene rings is 1. The van der Waals surface area contributed by atoms with Gasteiger partial charge in [-0.15, -0.1) is 11.3 Å². The summed E-state index contributed by atoms with van der Waals surface area (Å²) < 4.78 is 1.06. The zero-order valence-corrected chi connectivity index (χ0v) is 12.4. The standard InChI is InChI=1S/C12H17BrN2OS/c1-7(2)6-15-10(16)5-9(14)11(15)12-8(13)3-4-17-12/h3-4,7,9,11H,5-6,14H2,1-2H3. The van der Waals surface area contributed by atoms with Crippen molar-refractivity contribution < 1.29 is 4.79 Å². The van der Waals surface area contributed by atoms with Gasteiger partial charge < -0.3 is 10.6 Å². The first-order chi connectivity index (χ1) is 8.00. The van der Waals surface area contributed by atoms with Crippen LogP contribution in [0.4, 0.5) is 0 Å². The van der Waals surface area contributed by atoms with Gasteiger partial charge in [0.05, 0.1) is 6.04 Å². The van der Waals surface area contributed by atoms with Crippen LogP contribution >= 0.6 is 27.3 Å². The maximum Gasteiger partial charge on any atom is 0.224 e. The van der Waals surface area contributed by atoms with Gasteiger partial charge in [-0.3, -0.25) is 4.79 Å². The molecule has 2 rings (SSSR count). The molecule has 1 fully saturated rings. The lowest BCUT2D eigenvalue weighted by Crippen LogP contribution is -2.35. The highest BCUT2D eigenvalue weighted by molar-refractivity contribution is 9.10. The fourth-order valence-corrected chi connectivity index (χ4v) is 4.07. The molecule has 17 heavy (non-hydrogen) atoms. The molecule has 2 heterocycles. The van der Waals surface area contributed by atoms with Crippen LogP contribution in [0.2, 0.25) is 0 Å². The summed E-state index contributed by atoms with van der Waals surface area (Å²) in [5.74, 6) is 0.641. The van der Waals surface area contributed by atoms with Crippen molar-refractivity contribution in [1.82, 2.24) is 4.90 Å². The molecule has 94 valence electrons. The van der Waals surface area contributed by atoms with E-state index in [2.05, 4.69) is 29.8 Å². The zero-order valence-electron chi connectivity index (χ0n) is 10.0. The normalized spacial score (nSPS) is 25.0. The van der Waals surface area contributed by atoms with E-state index in [1.54, 1.807) is 11.3 Å². The van der Waals surface area contributed by atoms with E-state index in [1.807, 2.05) is 16.3 Å². The van der Waals surface area contributed by atoms with Crippen molar-refractivity contribution in [2.75, 3.05) is 6.54 Å². The third kappa shape index (κ3) is 2.56. The molecule has 0 radical (unpaired) electrons. The average Bonchev–Trinajstić information content (AvgIpc) is 2.72. The Labute approximate surface area is 114 Å². The Balaban J connectivity index is 2.29. The van der Waals surface area contributed by atoms with Crippen molar-refractivity contribution in [1.29, 1.82) is 0 Å². The second kappa shape index (κ2) is 5.08. The molecular formula is C12H17BrN2OS. The summed E-state index contributed by atoms with van der Waals surface area (Å²) in [5, 5.41) is 2.03. The molecule has 0 aromatic carbocycles. The number of rotatable bonds is 3. The largest absolute Gasteiger partial charge is 0.333 e. The van der Waals surface area contributed by atoms with Crippen LogP contribution < -0.4 is 5.73 Å².